The predicted molar refractivity (Wildman–Crippen MR) is 203 cm³/mol. The van der Waals surface area contributed by atoms with Gasteiger partial charge in [-0.15, -0.1) is 0 Å². The van der Waals surface area contributed by atoms with Gasteiger partial charge in [0.05, 0.1) is 11.6 Å². The smallest absolute Gasteiger partial charge is 0.170 e. The number of benzene rings is 6. The largest absolute Gasteiger partial charge is 0.628 e. The normalized spacial score (nSPS) is 11.0. The van der Waals surface area contributed by atoms with Crippen LogP contribution in [-0.2, 0) is 17.6 Å². The van der Waals surface area contributed by atoms with Gasteiger partial charge in [-0.05, 0) is 17.2 Å². The molecular weight excluding hydrogens is 607 g/mol. The van der Waals surface area contributed by atoms with Gasteiger partial charge in [-0.1, -0.05) is 222 Å². The van der Waals surface area contributed by atoms with Gasteiger partial charge in [0.2, 0.25) is 0 Å². The highest BCUT2D eigenvalue weighted by atomic mass is 15.1. The molecule has 0 aliphatic rings. The van der Waals surface area contributed by atoms with E-state index in [0.29, 0.717) is 5.56 Å². The Balaban J connectivity index is 0.000000336. The summed E-state index contributed by atoms with van der Waals surface area (Å²) in [5.74, 6) is 0. The Kier molecular flexibility index (Phi) is 10.9. The van der Waals surface area contributed by atoms with Gasteiger partial charge in [-0.3, -0.25) is 0 Å². The van der Waals surface area contributed by atoms with Gasteiger partial charge < -0.3 is 5.32 Å². The molecule has 0 bridgehead atoms. The van der Waals surface area contributed by atoms with E-state index in [1.54, 1.807) is 12.1 Å². The number of nitrogens with zero attached hydrogens (tertiary/aromatic N) is 3. The molecule has 0 atom stereocenters. The van der Waals surface area contributed by atoms with Gasteiger partial charge in [-0.25, -0.2) is 4.57 Å². The van der Waals surface area contributed by atoms with Gasteiger partial charge in [0.25, 0.3) is 0 Å². The van der Waals surface area contributed by atoms with Crippen LogP contribution < -0.4 is 4.57 Å². The average Bonchev–Trinajstić information content (AvgIpc) is 3.21. The monoisotopic (exact) mass is 645 g/mol. The van der Waals surface area contributed by atoms with Crippen molar-refractivity contribution in [2.24, 2.45) is 0 Å². The van der Waals surface area contributed by atoms with Gasteiger partial charge in [0, 0.05) is 12.1 Å². The third kappa shape index (κ3) is 7.08. The van der Waals surface area contributed by atoms with Gasteiger partial charge in [0.15, 0.2) is 18.9 Å². The van der Waals surface area contributed by atoms with Crippen LogP contribution in [0.25, 0.3) is 5.32 Å². The molecule has 0 radical (unpaired) electrons. The lowest BCUT2D eigenvalue weighted by molar-refractivity contribution is -0.687. The van der Waals surface area contributed by atoms with Crippen molar-refractivity contribution < 1.29 is 4.57 Å². The fourth-order valence-corrected chi connectivity index (χ4v) is 6.52. The lowest BCUT2D eigenvalue weighted by Gasteiger charge is -2.60. The highest BCUT2D eigenvalue weighted by Gasteiger charge is 2.36. The molecule has 242 valence electrons. The Bertz CT molecular complexity index is 1770. The first-order chi connectivity index (χ1) is 24.7. The Morgan fingerprint density at radius 3 is 0.940 bits per heavy atom. The van der Waals surface area contributed by atoms with E-state index in [4.69, 9.17) is 10.6 Å². The first kappa shape index (κ1) is 33.6. The van der Waals surface area contributed by atoms with E-state index < -0.39 is 11.1 Å². The van der Waals surface area contributed by atoms with Crippen molar-refractivity contribution in [3.63, 3.8) is 0 Å². The summed E-state index contributed by atoms with van der Waals surface area (Å²) in [4.78, 5) is 0. The van der Waals surface area contributed by atoms with Crippen LogP contribution in [0.1, 0.15) is 38.9 Å². The molecular formula is C47H39N3. The molecule has 7 rings (SSSR count). The summed E-state index contributed by atoms with van der Waals surface area (Å²) in [6.07, 6.45) is 5.53. The molecule has 7 aromatic rings. The molecule has 0 saturated heterocycles. The Morgan fingerprint density at radius 2 is 0.720 bits per heavy atom. The van der Waals surface area contributed by atoms with E-state index in [9.17, 15) is 0 Å². The fraction of sp³-hybridized carbons (Fsp3) is 0.0638. The number of pyridine rings is 1. The van der Waals surface area contributed by atoms with Crippen LogP contribution in [0.5, 0.6) is 0 Å². The zero-order chi connectivity index (χ0) is 34.5. The number of hydrogen-bond acceptors (Lipinski definition) is 1. The molecule has 0 N–H and O–H groups in total. The Labute approximate surface area is 296 Å². The van der Waals surface area contributed by atoms with Crippen molar-refractivity contribution in [2.75, 3.05) is 0 Å². The lowest BCUT2D eigenvalue weighted by atomic mass is 9.70. The second-order valence-corrected chi connectivity index (χ2v) is 11.9. The molecule has 1 aromatic heterocycles. The summed E-state index contributed by atoms with van der Waals surface area (Å²) in [5.41, 5.74) is 5.80. The molecule has 0 fully saturated rings. The van der Waals surface area contributed by atoms with E-state index in [-0.39, 0.29) is 0 Å². The molecule has 50 heavy (non-hydrogen) atoms. The van der Waals surface area contributed by atoms with Gasteiger partial charge in [0.1, 0.15) is 0 Å². The number of rotatable bonds is 10. The van der Waals surface area contributed by atoms with Crippen molar-refractivity contribution in [3.05, 3.63) is 263 Å². The molecule has 0 amide bonds. The van der Waals surface area contributed by atoms with E-state index >= 15 is 0 Å². The van der Waals surface area contributed by atoms with Crippen molar-refractivity contribution in [1.29, 1.82) is 5.26 Å². The van der Waals surface area contributed by atoms with Crippen molar-refractivity contribution in [3.8, 4) is 6.07 Å². The minimum Gasteiger partial charge on any atom is -0.628 e. The molecule has 0 aliphatic carbocycles. The van der Waals surface area contributed by atoms with Crippen LogP contribution in [0.3, 0.4) is 0 Å². The molecule has 3 heteroatoms. The quantitative estimate of drug-likeness (QED) is 0.0829. The maximum absolute atomic E-state index is 8.48. The zero-order valence-electron chi connectivity index (χ0n) is 28.0. The molecule has 6 aromatic carbocycles. The summed E-state index contributed by atoms with van der Waals surface area (Å²) in [6.45, 7) is 4.40. The first-order valence-corrected chi connectivity index (χ1v) is 16.8. The van der Waals surface area contributed by atoms with E-state index in [2.05, 4.69) is 195 Å². The third-order valence-corrected chi connectivity index (χ3v) is 8.84. The highest BCUT2D eigenvalue weighted by molar-refractivity contribution is 5.64. The second kappa shape index (κ2) is 16.2. The highest BCUT2D eigenvalue weighted by Crippen LogP contribution is 2.55. The molecule has 0 unspecified atom stereocenters. The Hall–Kier alpha value is -6.34. The summed E-state index contributed by atoms with van der Waals surface area (Å²) in [5, 5.41) is 14.6. The molecule has 0 spiro atoms. The van der Waals surface area contributed by atoms with Crippen molar-refractivity contribution in [1.82, 2.24) is 0 Å². The number of aromatic nitrogens is 1. The standard InChI is InChI=1S/C38H30N.C9H9N2/c1-7-19-31(20-8-1)37(32-21-9-2-10-22-32,33-23-11-3-12-24-33)39-38(34-25-13-4-14-26-34,35-27-15-5-16-28-35)36-29-17-6-18-30-36;1-2-5-11-6-3-9(8-10)4-7-11/h1-30H;2-4,6-7H,1,5H2/q-1;+1. The Morgan fingerprint density at radius 1 is 0.460 bits per heavy atom. The number of allylic oxidation sites excluding steroid dienone is 1. The minimum absolute atomic E-state index is 0.685. The fourth-order valence-electron chi connectivity index (χ4n) is 6.52. The van der Waals surface area contributed by atoms with Crippen LogP contribution in [-0.4, -0.2) is 0 Å². The molecule has 3 nitrogen and oxygen atoms in total. The van der Waals surface area contributed by atoms with E-state index in [1.165, 1.54) is 0 Å². The van der Waals surface area contributed by atoms with Crippen LogP contribution in [0.2, 0.25) is 0 Å². The van der Waals surface area contributed by atoms with Crippen LogP contribution in [0.15, 0.2) is 219 Å². The predicted octanol–water partition coefficient (Wildman–Crippen LogP) is 10.4. The summed E-state index contributed by atoms with van der Waals surface area (Å²) >= 11 is 0. The van der Waals surface area contributed by atoms with Crippen LogP contribution in [0.4, 0.5) is 0 Å². The van der Waals surface area contributed by atoms with Crippen molar-refractivity contribution in [2.45, 2.75) is 17.6 Å². The summed E-state index contributed by atoms with van der Waals surface area (Å²) in [6, 6.07) is 69.8. The molecule has 0 aliphatic heterocycles. The summed E-state index contributed by atoms with van der Waals surface area (Å²) < 4.78 is 1.95. The minimum atomic E-state index is -0.800. The molecule has 1 heterocycles. The van der Waals surface area contributed by atoms with Gasteiger partial charge >= 0.3 is 0 Å². The maximum atomic E-state index is 8.48. The number of nitriles is 1. The third-order valence-electron chi connectivity index (χ3n) is 8.84. The van der Waals surface area contributed by atoms with Crippen LogP contribution >= 0.6 is 0 Å². The number of hydrogen-bond donors (Lipinski definition) is 0. The molecule has 0 saturated carbocycles. The topological polar surface area (TPSA) is 41.8 Å². The first-order valence-electron chi connectivity index (χ1n) is 16.8. The SMILES string of the molecule is C=CC[n+]1ccc(C#N)cc1.c1ccc(C([N-]C(c2ccccc2)(c2ccccc2)c2ccccc2)(c2ccccc2)c2ccccc2)cc1. The van der Waals surface area contributed by atoms with Crippen LogP contribution in [0, 0.1) is 11.3 Å². The average molecular weight is 646 g/mol. The van der Waals surface area contributed by atoms with E-state index in [1.807, 2.05) is 23.0 Å². The zero-order valence-corrected chi connectivity index (χ0v) is 28.0. The maximum Gasteiger partial charge on any atom is 0.170 e. The summed E-state index contributed by atoms with van der Waals surface area (Å²) in [7, 11) is 0. The second-order valence-electron chi connectivity index (χ2n) is 11.9. The lowest BCUT2D eigenvalue weighted by Crippen LogP contribution is -2.39. The van der Waals surface area contributed by atoms with E-state index in [0.717, 1.165) is 39.9 Å². The van der Waals surface area contributed by atoms with Gasteiger partial charge in [-0.2, -0.15) is 5.26 Å². The van der Waals surface area contributed by atoms with Crippen molar-refractivity contribution >= 4 is 0 Å².